The number of hydrogen-bond acceptors (Lipinski definition) is 5. The van der Waals surface area contributed by atoms with Gasteiger partial charge >= 0.3 is 6.03 Å². The fourth-order valence-electron chi connectivity index (χ4n) is 4.07. The highest BCUT2D eigenvalue weighted by molar-refractivity contribution is 7.90. The molecule has 4 aromatic rings. The van der Waals surface area contributed by atoms with Crippen LogP contribution in [0.4, 0.5) is 29.3 Å². The zero-order valence-electron chi connectivity index (χ0n) is 21.7. The van der Waals surface area contributed by atoms with Gasteiger partial charge in [0.25, 0.3) is 0 Å². The Balaban J connectivity index is 1.64. The Morgan fingerprint density at radius 1 is 0.950 bits per heavy atom. The van der Waals surface area contributed by atoms with E-state index in [1.54, 1.807) is 54.6 Å². The van der Waals surface area contributed by atoms with Gasteiger partial charge in [0, 0.05) is 35.2 Å². The molecule has 0 saturated heterocycles. The van der Waals surface area contributed by atoms with E-state index in [2.05, 4.69) is 10.7 Å². The van der Waals surface area contributed by atoms with Crippen molar-refractivity contribution in [3.05, 3.63) is 113 Å². The molecule has 0 aliphatic rings. The van der Waals surface area contributed by atoms with Crippen LogP contribution in [0.3, 0.4) is 0 Å². The summed E-state index contributed by atoms with van der Waals surface area (Å²) in [4.78, 5) is 13.5. The predicted octanol–water partition coefficient (Wildman–Crippen LogP) is 6.33. The van der Waals surface area contributed by atoms with E-state index in [0.29, 0.717) is 27.4 Å². The third-order valence-electron chi connectivity index (χ3n) is 6.20. The number of alkyl halides is 1. The first-order valence-electron chi connectivity index (χ1n) is 12.1. The van der Waals surface area contributed by atoms with E-state index in [-0.39, 0.29) is 22.7 Å². The van der Waals surface area contributed by atoms with Crippen LogP contribution >= 0.6 is 0 Å². The average Bonchev–Trinajstić information content (AvgIpc) is 2.94. The lowest BCUT2D eigenvalue weighted by molar-refractivity contribution is 0.131. The third kappa shape index (κ3) is 6.27. The van der Waals surface area contributed by atoms with E-state index in [4.69, 9.17) is 5.73 Å². The number of nitrogens with two attached hydrogens (primary N) is 1. The van der Waals surface area contributed by atoms with Gasteiger partial charge in [0.15, 0.2) is 9.84 Å². The molecule has 0 aliphatic carbocycles. The van der Waals surface area contributed by atoms with Crippen molar-refractivity contribution in [2.75, 3.05) is 17.0 Å². The van der Waals surface area contributed by atoms with Crippen molar-refractivity contribution < 1.29 is 26.4 Å². The number of amides is 2. The maximum absolute atomic E-state index is 15.8. The topological polar surface area (TPSA) is 105 Å². The van der Waals surface area contributed by atoms with Gasteiger partial charge in [-0.3, -0.25) is 5.43 Å². The summed E-state index contributed by atoms with van der Waals surface area (Å²) in [6.45, 7) is 1.37. The zero-order chi connectivity index (χ0) is 29.0. The van der Waals surface area contributed by atoms with E-state index >= 15 is 4.39 Å². The lowest BCUT2D eigenvalue weighted by atomic mass is 10.1. The van der Waals surface area contributed by atoms with Gasteiger partial charge in [0.2, 0.25) is 6.30 Å². The summed E-state index contributed by atoms with van der Waals surface area (Å²) in [5, 5.41) is 3.11. The standard InChI is InChI=1S/C29H27F3N4O3S/c1-18-25(30)15-14-24(27(18)31)28(32)36(35-22-7-5-6-19(16-22)17-33)29(37)34-21-12-10-20(11-13-21)23-8-3-4-9-26(23)40(2,38)39/h3-16,28,35H,17,33H2,1-2H3,(H,34,37). The Morgan fingerprint density at radius 2 is 1.65 bits per heavy atom. The fourth-order valence-corrected chi connectivity index (χ4v) is 4.98. The molecule has 208 valence electrons. The Kier molecular flexibility index (Phi) is 8.46. The number of nitrogens with zero attached hydrogens (tertiary/aromatic N) is 1. The average molecular weight is 569 g/mol. The Labute approximate surface area is 230 Å². The van der Waals surface area contributed by atoms with E-state index in [0.717, 1.165) is 18.4 Å². The van der Waals surface area contributed by atoms with Crippen molar-refractivity contribution in [1.82, 2.24) is 5.01 Å². The monoisotopic (exact) mass is 568 g/mol. The molecule has 4 N–H and O–H groups in total. The minimum atomic E-state index is -3.49. The van der Waals surface area contributed by atoms with Crippen molar-refractivity contribution in [1.29, 1.82) is 0 Å². The molecule has 7 nitrogen and oxygen atoms in total. The molecule has 11 heteroatoms. The summed E-state index contributed by atoms with van der Waals surface area (Å²) < 4.78 is 68.8. The summed E-state index contributed by atoms with van der Waals surface area (Å²) >= 11 is 0. The minimum Gasteiger partial charge on any atom is -0.326 e. The van der Waals surface area contributed by atoms with Gasteiger partial charge in [-0.25, -0.2) is 26.4 Å². The molecule has 4 rings (SSSR count). The molecule has 1 atom stereocenters. The number of benzene rings is 4. The Morgan fingerprint density at radius 3 is 2.33 bits per heavy atom. The number of sulfone groups is 1. The van der Waals surface area contributed by atoms with Gasteiger partial charge in [-0.1, -0.05) is 42.5 Å². The second-order valence-corrected chi connectivity index (χ2v) is 11.1. The van der Waals surface area contributed by atoms with E-state index in [9.17, 15) is 22.0 Å². The molecule has 0 aliphatic heterocycles. The summed E-state index contributed by atoms with van der Waals surface area (Å²) in [7, 11) is -3.49. The van der Waals surface area contributed by atoms with Crippen molar-refractivity contribution >= 4 is 27.2 Å². The van der Waals surface area contributed by atoms with Crippen LogP contribution in [-0.4, -0.2) is 25.7 Å². The van der Waals surface area contributed by atoms with E-state index < -0.39 is 39.4 Å². The van der Waals surface area contributed by atoms with Crippen LogP contribution in [0.15, 0.2) is 89.8 Å². The van der Waals surface area contributed by atoms with Crippen molar-refractivity contribution in [2.24, 2.45) is 5.73 Å². The molecule has 2 amide bonds. The SMILES string of the molecule is Cc1c(F)ccc(C(F)N(Nc2cccc(CN)c2)C(=O)Nc2ccc(-c3ccccc3S(C)(=O)=O)cc2)c1F. The molecule has 0 saturated carbocycles. The smallest absolute Gasteiger partial charge is 0.326 e. The van der Waals surface area contributed by atoms with Gasteiger partial charge < -0.3 is 11.1 Å². The van der Waals surface area contributed by atoms with Gasteiger partial charge in [-0.2, -0.15) is 5.01 Å². The molecule has 1 unspecified atom stereocenters. The van der Waals surface area contributed by atoms with Crippen molar-refractivity contribution in [3.8, 4) is 11.1 Å². The summed E-state index contributed by atoms with van der Waals surface area (Å²) in [5.41, 5.74) is 9.77. The molecule has 0 aromatic heterocycles. The molecule has 4 aromatic carbocycles. The molecular weight excluding hydrogens is 541 g/mol. The van der Waals surface area contributed by atoms with Gasteiger partial charge in [-0.05, 0) is 60.5 Å². The lowest BCUT2D eigenvalue weighted by Gasteiger charge is -2.28. The predicted molar refractivity (Wildman–Crippen MR) is 149 cm³/mol. The van der Waals surface area contributed by atoms with Gasteiger partial charge in [0.1, 0.15) is 11.6 Å². The number of halogens is 3. The van der Waals surface area contributed by atoms with Crippen LogP contribution in [0.2, 0.25) is 0 Å². The first-order valence-corrected chi connectivity index (χ1v) is 14.0. The molecule has 40 heavy (non-hydrogen) atoms. The van der Waals surface area contributed by atoms with Crippen LogP contribution in [0.5, 0.6) is 0 Å². The number of nitrogens with one attached hydrogen (secondary N) is 2. The van der Waals surface area contributed by atoms with Crippen LogP contribution in [-0.2, 0) is 16.4 Å². The zero-order valence-corrected chi connectivity index (χ0v) is 22.5. The largest absolute Gasteiger partial charge is 0.343 e. The second kappa shape index (κ2) is 11.8. The number of urea groups is 1. The van der Waals surface area contributed by atoms with Crippen LogP contribution < -0.4 is 16.5 Å². The minimum absolute atomic E-state index is 0.152. The van der Waals surface area contributed by atoms with Crippen LogP contribution in [0, 0.1) is 18.6 Å². The molecule has 0 fully saturated rings. The highest BCUT2D eigenvalue weighted by atomic mass is 32.2. The van der Waals surface area contributed by atoms with Gasteiger partial charge in [0.05, 0.1) is 10.6 Å². The first-order chi connectivity index (χ1) is 19.0. The van der Waals surface area contributed by atoms with Crippen molar-refractivity contribution in [2.45, 2.75) is 24.7 Å². The maximum Gasteiger partial charge on any atom is 0.343 e. The second-order valence-electron chi connectivity index (χ2n) is 9.07. The number of carbonyl (C=O) groups is 1. The van der Waals surface area contributed by atoms with Crippen LogP contribution in [0.1, 0.15) is 23.0 Å². The Hall–Kier alpha value is -4.35. The molecule has 0 radical (unpaired) electrons. The van der Waals surface area contributed by atoms with Crippen molar-refractivity contribution in [3.63, 3.8) is 0 Å². The third-order valence-corrected chi connectivity index (χ3v) is 7.35. The lowest BCUT2D eigenvalue weighted by Crippen LogP contribution is -2.41. The van der Waals surface area contributed by atoms with Gasteiger partial charge in [-0.15, -0.1) is 0 Å². The molecule has 0 spiro atoms. The first kappa shape index (κ1) is 28.7. The summed E-state index contributed by atoms with van der Waals surface area (Å²) in [6.07, 6.45) is -1.23. The number of rotatable bonds is 8. The summed E-state index contributed by atoms with van der Waals surface area (Å²) in [6, 6.07) is 20.2. The highest BCUT2D eigenvalue weighted by Crippen LogP contribution is 2.31. The van der Waals surface area contributed by atoms with E-state index in [1.165, 1.54) is 25.1 Å². The normalized spacial score (nSPS) is 12.1. The summed E-state index contributed by atoms with van der Waals surface area (Å²) in [5.74, 6) is -1.96. The quantitative estimate of drug-likeness (QED) is 0.170. The molecule has 0 bridgehead atoms. The highest BCUT2D eigenvalue weighted by Gasteiger charge is 2.29. The molecular formula is C29H27F3N4O3S. The fraction of sp³-hybridized carbons (Fsp3) is 0.138. The number of carbonyl (C=O) groups excluding carboxylic acids is 1. The number of anilines is 2. The number of hydrogen-bond donors (Lipinski definition) is 3. The van der Waals surface area contributed by atoms with E-state index in [1.807, 2.05) is 0 Å². The Bertz CT molecular complexity index is 1650. The molecule has 0 heterocycles. The number of hydrazine groups is 1. The maximum atomic E-state index is 15.8. The van der Waals surface area contributed by atoms with Crippen LogP contribution in [0.25, 0.3) is 11.1 Å².